The number of nitrogens with one attached hydrogen (secondary N) is 1. The molecule has 1 saturated carbocycles. The maximum absolute atomic E-state index is 5.97. The maximum atomic E-state index is 5.97. The first-order valence-corrected chi connectivity index (χ1v) is 5.93. The summed E-state index contributed by atoms with van der Waals surface area (Å²) in [6, 6.07) is 5.99. The highest BCUT2D eigenvalue weighted by atomic mass is 35.5. The summed E-state index contributed by atoms with van der Waals surface area (Å²) in [7, 11) is 1.76. The van der Waals surface area contributed by atoms with E-state index in [1.807, 2.05) is 12.1 Å². The van der Waals surface area contributed by atoms with Crippen molar-refractivity contribution in [2.24, 2.45) is 0 Å². The third kappa shape index (κ3) is 2.25. The minimum Gasteiger partial charge on any atom is -0.396 e. The zero-order valence-electron chi connectivity index (χ0n) is 9.37. The van der Waals surface area contributed by atoms with Gasteiger partial charge in [-0.2, -0.15) is 0 Å². The van der Waals surface area contributed by atoms with E-state index in [0.717, 1.165) is 18.5 Å². The molecule has 0 amide bonds. The molecule has 4 heteroatoms. The Labute approximate surface area is 101 Å². The fourth-order valence-corrected chi connectivity index (χ4v) is 2.41. The molecule has 0 spiro atoms. The lowest BCUT2D eigenvalue weighted by Crippen LogP contribution is -2.30. The molecule has 3 N–H and O–H groups in total. The number of halogens is 1. The van der Waals surface area contributed by atoms with Crippen LogP contribution in [0.2, 0.25) is 5.02 Å². The Balaban J connectivity index is 2.11. The van der Waals surface area contributed by atoms with E-state index in [9.17, 15) is 0 Å². The molecule has 0 bridgehead atoms. The summed E-state index contributed by atoms with van der Waals surface area (Å²) in [4.78, 5) is 0. The number of rotatable bonds is 3. The Morgan fingerprint density at radius 1 is 1.44 bits per heavy atom. The van der Waals surface area contributed by atoms with Crippen LogP contribution in [0, 0.1) is 0 Å². The molecule has 2 rings (SSSR count). The third-order valence-corrected chi connectivity index (χ3v) is 3.48. The van der Waals surface area contributed by atoms with E-state index in [0.29, 0.717) is 16.8 Å². The van der Waals surface area contributed by atoms with Gasteiger partial charge in [-0.15, -0.1) is 0 Å². The summed E-state index contributed by atoms with van der Waals surface area (Å²) >= 11 is 5.97. The fraction of sp³-hybridized carbons (Fsp3) is 0.500. The van der Waals surface area contributed by atoms with Crippen LogP contribution >= 0.6 is 11.6 Å². The summed E-state index contributed by atoms with van der Waals surface area (Å²) in [5, 5.41) is 4.01. The van der Waals surface area contributed by atoms with Gasteiger partial charge in [-0.25, -0.2) is 0 Å². The molecular weight excluding hydrogens is 224 g/mol. The molecule has 88 valence electrons. The van der Waals surface area contributed by atoms with Crippen molar-refractivity contribution in [2.45, 2.75) is 31.4 Å². The van der Waals surface area contributed by atoms with Gasteiger partial charge in [-0.1, -0.05) is 17.7 Å². The van der Waals surface area contributed by atoms with E-state index in [4.69, 9.17) is 22.1 Å². The van der Waals surface area contributed by atoms with Gasteiger partial charge in [0.2, 0.25) is 0 Å². The van der Waals surface area contributed by atoms with Crippen LogP contribution in [0.15, 0.2) is 18.2 Å². The Morgan fingerprint density at radius 2 is 2.25 bits per heavy atom. The van der Waals surface area contributed by atoms with Crippen LogP contribution in [-0.2, 0) is 4.74 Å². The van der Waals surface area contributed by atoms with Crippen LogP contribution in [0.4, 0.5) is 11.4 Å². The summed E-state index contributed by atoms with van der Waals surface area (Å²) in [6.07, 6.45) is 3.69. The molecule has 1 fully saturated rings. The second kappa shape index (κ2) is 4.93. The lowest BCUT2D eigenvalue weighted by Gasteiger charge is -2.22. The molecule has 0 aromatic heterocycles. The monoisotopic (exact) mass is 240 g/mol. The number of benzene rings is 1. The molecule has 0 saturated heterocycles. The van der Waals surface area contributed by atoms with Crippen molar-refractivity contribution in [3.63, 3.8) is 0 Å². The van der Waals surface area contributed by atoms with Crippen molar-refractivity contribution in [1.82, 2.24) is 0 Å². The molecule has 1 aromatic rings. The SMILES string of the molecule is COC1CCCC1Nc1cccc(Cl)c1N. The average Bonchev–Trinajstić information content (AvgIpc) is 2.72. The van der Waals surface area contributed by atoms with Gasteiger partial charge in [0, 0.05) is 7.11 Å². The average molecular weight is 241 g/mol. The quantitative estimate of drug-likeness (QED) is 0.799. The molecule has 0 radical (unpaired) electrons. The second-order valence-corrected chi connectivity index (χ2v) is 4.56. The van der Waals surface area contributed by atoms with Crippen molar-refractivity contribution in [3.8, 4) is 0 Å². The molecule has 2 atom stereocenters. The van der Waals surface area contributed by atoms with Crippen molar-refractivity contribution in [3.05, 3.63) is 23.2 Å². The molecule has 0 heterocycles. The van der Waals surface area contributed by atoms with Crippen molar-refractivity contribution < 1.29 is 4.74 Å². The van der Waals surface area contributed by atoms with Gasteiger partial charge in [0.25, 0.3) is 0 Å². The third-order valence-electron chi connectivity index (χ3n) is 3.15. The summed E-state index contributed by atoms with van der Waals surface area (Å²) in [5.41, 5.74) is 7.43. The number of nitrogens with two attached hydrogens (primary N) is 1. The highest BCUT2D eigenvalue weighted by molar-refractivity contribution is 6.33. The Morgan fingerprint density at radius 3 is 3.00 bits per heavy atom. The maximum Gasteiger partial charge on any atom is 0.0772 e. The van der Waals surface area contributed by atoms with E-state index in [1.54, 1.807) is 13.2 Å². The number of hydrogen-bond donors (Lipinski definition) is 2. The van der Waals surface area contributed by atoms with Crippen LogP contribution in [0.1, 0.15) is 19.3 Å². The van der Waals surface area contributed by atoms with E-state index in [2.05, 4.69) is 5.32 Å². The first-order chi connectivity index (χ1) is 7.72. The number of hydrogen-bond acceptors (Lipinski definition) is 3. The molecule has 1 aromatic carbocycles. The van der Waals surface area contributed by atoms with Crippen LogP contribution in [-0.4, -0.2) is 19.3 Å². The van der Waals surface area contributed by atoms with E-state index in [-0.39, 0.29) is 6.10 Å². The highest BCUT2D eigenvalue weighted by Gasteiger charge is 2.27. The van der Waals surface area contributed by atoms with Crippen LogP contribution in [0.5, 0.6) is 0 Å². The summed E-state index contributed by atoms with van der Waals surface area (Å²) in [5.74, 6) is 0. The Kier molecular flexibility index (Phi) is 3.56. The Bertz CT molecular complexity index is 370. The predicted octanol–water partition coefficient (Wildman–Crippen LogP) is 2.90. The second-order valence-electron chi connectivity index (χ2n) is 4.16. The lowest BCUT2D eigenvalue weighted by atomic mass is 10.2. The molecule has 3 nitrogen and oxygen atoms in total. The smallest absolute Gasteiger partial charge is 0.0772 e. The highest BCUT2D eigenvalue weighted by Crippen LogP contribution is 2.31. The number of ether oxygens (including phenoxy) is 1. The first-order valence-electron chi connectivity index (χ1n) is 5.55. The first kappa shape index (κ1) is 11.6. The van der Waals surface area contributed by atoms with Gasteiger partial charge in [-0.05, 0) is 31.4 Å². The number of para-hydroxylation sites is 1. The topological polar surface area (TPSA) is 47.3 Å². The number of methoxy groups -OCH3 is 1. The largest absolute Gasteiger partial charge is 0.396 e. The van der Waals surface area contributed by atoms with Crippen LogP contribution in [0.25, 0.3) is 0 Å². The molecule has 2 unspecified atom stereocenters. The van der Waals surface area contributed by atoms with Crippen molar-refractivity contribution in [2.75, 3.05) is 18.2 Å². The van der Waals surface area contributed by atoms with Gasteiger partial charge < -0.3 is 15.8 Å². The fourth-order valence-electron chi connectivity index (χ4n) is 2.24. The number of nitrogen functional groups attached to an aromatic ring is 1. The predicted molar refractivity (Wildman–Crippen MR) is 67.9 cm³/mol. The molecule has 0 aliphatic heterocycles. The van der Waals surface area contributed by atoms with Crippen LogP contribution < -0.4 is 11.1 Å². The minimum atomic E-state index is 0.276. The van der Waals surface area contributed by atoms with E-state index < -0.39 is 0 Å². The zero-order valence-corrected chi connectivity index (χ0v) is 10.1. The zero-order chi connectivity index (χ0) is 11.5. The molecule has 1 aliphatic carbocycles. The summed E-state index contributed by atoms with van der Waals surface area (Å²) in [6.45, 7) is 0. The molecule has 16 heavy (non-hydrogen) atoms. The van der Waals surface area contributed by atoms with Crippen molar-refractivity contribution >= 4 is 23.0 Å². The van der Waals surface area contributed by atoms with Gasteiger partial charge >= 0.3 is 0 Å². The van der Waals surface area contributed by atoms with Crippen LogP contribution in [0.3, 0.4) is 0 Å². The van der Waals surface area contributed by atoms with Crippen molar-refractivity contribution in [1.29, 1.82) is 0 Å². The van der Waals surface area contributed by atoms with E-state index in [1.165, 1.54) is 6.42 Å². The van der Waals surface area contributed by atoms with Gasteiger partial charge in [0.1, 0.15) is 0 Å². The Hall–Kier alpha value is -0.930. The normalized spacial score (nSPS) is 24.6. The minimum absolute atomic E-state index is 0.276. The molecular formula is C12H17ClN2O. The molecule has 1 aliphatic rings. The van der Waals surface area contributed by atoms with E-state index >= 15 is 0 Å². The van der Waals surface area contributed by atoms with Gasteiger partial charge in [0.05, 0.1) is 28.5 Å². The summed E-state index contributed by atoms with van der Waals surface area (Å²) < 4.78 is 5.43. The standard InChI is InChI=1S/C12H17ClN2O/c1-16-11-7-3-5-9(11)15-10-6-2-4-8(13)12(10)14/h2,4,6,9,11,15H,3,5,7,14H2,1H3. The van der Waals surface area contributed by atoms with Gasteiger partial charge in [-0.3, -0.25) is 0 Å². The lowest BCUT2D eigenvalue weighted by molar-refractivity contribution is 0.101. The van der Waals surface area contributed by atoms with Gasteiger partial charge in [0.15, 0.2) is 0 Å². The number of anilines is 2.